The lowest BCUT2D eigenvalue weighted by Gasteiger charge is -2.11. The van der Waals surface area contributed by atoms with Gasteiger partial charge in [0, 0.05) is 10.4 Å². The number of carbonyl (C=O) groups is 1. The van der Waals surface area contributed by atoms with Crippen LogP contribution in [-0.4, -0.2) is 19.0 Å². The molecule has 0 aliphatic carbocycles. The Morgan fingerprint density at radius 1 is 0.788 bits per heavy atom. The van der Waals surface area contributed by atoms with Gasteiger partial charge in [-0.3, -0.25) is 0 Å². The highest BCUT2D eigenvalue weighted by Crippen LogP contribution is 2.28. The van der Waals surface area contributed by atoms with Gasteiger partial charge in [-0.15, -0.1) is 37.7 Å². The molecule has 3 rings (SSSR count). The predicted octanol–water partition coefficient (Wildman–Crippen LogP) is 6.47. The minimum absolute atomic E-state index is 0.282. The van der Waals surface area contributed by atoms with Crippen molar-refractivity contribution in [3.05, 3.63) is 81.5 Å². The van der Waals surface area contributed by atoms with Crippen molar-refractivity contribution in [2.45, 2.75) is 25.1 Å². The van der Waals surface area contributed by atoms with Crippen LogP contribution in [0.25, 0.3) is 0 Å². The summed E-state index contributed by atoms with van der Waals surface area (Å²) < 4.78 is 81.0. The van der Waals surface area contributed by atoms with Gasteiger partial charge in [-0.25, -0.2) is 0 Å². The Balaban J connectivity index is 1.65. The van der Waals surface area contributed by atoms with E-state index in [9.17, 15) is 31.1 Å². The molecule has 1 aromatic heterocycles. The highest BCUT2D eigenvalue weighted by atomic mass is 32.1. The number of hydrogen-bond donors (Lipinski definition) is 0. The molecule has 0 N–H and O–H groups in total. The van der Waals surface area contributed by atoms with Crippen molar-refractivity contribution in [1.29, 1.82) is 0 Å². The lowest BCUT2D eigenvalue weighted by Crippen LogP contribution is -2.17. The van der Waals surface area contributed by atoms with Gasteiger partial charge in [0.2, 0.25) is 0 Å². The molecule has 0 amide bonds. The van der Waals surface area contributed by atoms with Crippen LogP contribution >= 0.6 is 11.3 Å². The lowest BCUT2D eigenvalue weighted by molar-refractivity contribution is -0.275. The summed E-state index contributed by atoms with van der Waals surface area (Å²) >= 11 is 1.27. The van der Waals surface area contributed by atoms with Gasteiger partial charge < -0.3 is 14.3 Å². The third kappa shape index (κ3) is 7.88. The molecule has 0 aliphatic rings. The van der Waals surface area contributed by atoms with E-state index in [0.29, 0.717) is 16.0 Å². The van der Waals surface area contributed by atoms with Gasteiger partial charge in [-0.1, -0.05) is 24.0 Å². The largest absolute Gasteiger partial charge is 0.573 e. The fourth-order valence-electron chi connectivity index (χ4n) is 2.79. The van der Waals surface area contributed by atoms with Crippen molar-refractivity contribution in [2.24, 2.45) is 0 Å². The number of halogens is 6. The van der Waals surface area contributed by atoms with Crippen LogP contribution < -0.4 is 9.47 Å². The first kappa shape index (κ1) is 24.2. The number of thiophene rings is 1. The Hall–Kier alpha value is -3.45. The summed E-state index contributed by atoms with van der Waals surface area (Å²) in [5.74, 6) is 4.50. The molecule has 0 aliphatic heterocycles. The number of benzene rings is 2. The number of ether oxygens (including phenoxy) is 2. The van der Waals surface area contributed by atoms with Gasteiger partial charge in [-0.05, 0) is 60.5 Å². The summed E-state index contributed by atoms with van der Waals surface area (Å²) in [6.45, 7) is 0. The fraction of sp³-hybridized carbons (Fsp3) is 0.174. The van der Waals surface area contributed by atoms with Gasteiger partial charge in [0.05, 0.1) is 10.8 Å². The van der Waals surface area contributed by atoms with Crippen LogP contribution in [0.15, 0.2) is 60.7 Å². The Labute approximate surface area is 188 Å². The smallest absolute Gasteiger partial charge is 0.406 e. The lowest BCUT2D eigenvalue weighted by atomic mass is 9.99. The molecule has 0 spiro atoms. The first-order valence-electron chi connectivity index (χ1n) is 9.28. The molecule has 1 unspecified atom stereocenters. The minimum atomic E-state index is -4.78. The zero-order valence-electron chi connectivity index (χ0n) is 16.5. The second-order valence-electron chi connectivity index (χ2n) is 6.66. The molecule has 172 valence electrons. The molecule has 0 saturated carbocycles. The van der Waals surface area contributed by atoms with Crippen LogP contribution in [0.1, 0.15) is 26.8 Å². The summed E-state index contributed by atoms with van der Waals surface area (Å²) in [5, 5.41) is 0. The van der Waals surface area contributed by atoms with E-state index in [1.54, 1.807) is 12.1 Å². The molecule has 33 heavy (non-hydrogen) atoms. The first-order valence-corrected chi connectivity index (χ1v) is 10.1. The average Bonchev–Trinajstić information content (AvgIpc) is 3.19. The molecule has 0 bridgehead atoms. The van der Waals surface area contributed by atoms with Crippen molar-refractivity contribution >= 4 is 17.6 Å². The zero-order chi connectivity index (χ0) is 24.1. The molecule has 10 heteroatoms. The van der Waals surface area contributed by atoms with Crippen LogP contribution in [0.2, 0.25) is 0 Å². The number of aldehydes is 1. The summed E-state index contributed by atoms with van der Waals surface area (Å²) in [4.78, 5) is 13.0. The Bertz CT molecular complexity index is 1140. The van der Waals surface area contributed by atoms with E-state index in [0.717, 1.165) is 23.3 Å². The molecular formula is C23H14F6O3S. The van der Waals surface area contributed by atoms with Crippen LogP contribution in [0.3, 0.4) is 0 Å². The summed E-state index contributed by atoms with van der Waals surface area (Å²) in [6.07, 6.45) is -8.51. The Morgan fingerprint density at radius 3 is 1.85 bits per heavy atom. The van der Waals surface area contributed by atoms with Crippen LogP contribution in [0.5, 0.6) is 11.5 Å². The first-order chi connectivity index (χ1) is 15.5. The quantitative estimate of drug-likeness (QED) is 0.229. The van der Waals surface area contributed by atoms with Gasteiger partial charge >= 0.3 is 12.7 Å². The Kier molecular flexibility index (Phi) is 7.33. The van der Waals surface area contributed by atoms with Gasteiger partial charge in [0.15, 0.2) is 0 Å². The van der Waals surface area contributed by atoms with Crippen molar-refractivity contribution in [2.75, 3.05) is 0 Å². The molecule has 2 aromatic carbocycles. The van der Waals surface area contributed by atoms with Gasteiger partial charge in [0.25, 0.3) is 0 Å². The third-order valence-corrected chi connectivity index (χ3v) is 5.32. The average molecular weight is 484 g/mol. The van der Waals surface area contributed by atoms with E-state index < -0.39 is 18.6 Å². The molecule has 3 aromatic rings. The van der Waals surface area contributed by atoms with E-state index in [2.05, 4.69) is 21.3 Å². The molecule has 1 atom stereocenters. The monoisotopic (exact) mass is 484 g/mol. The van der Waals surface area contributed by atoms with Gasteiger partial charge in [-0.2, -0.15) is 0 Å². The predicted molar refractivity (Wildman–Crippen MR) is 109 cm³/mol. The molecule has 0 saturated heterocycles. The number of carbonyl (C=O) groups excluding carboxylic acids is 1. The second kappa shape index (κ2) is 10.0. The van der Waals surface area contributed by atoms with E-state index >= 15 is 0 Å². The third-order valence-electron chi connectivity index (χ3n) is 4.19. The van der Waals surface area contributed by atoms with E-state index in [1.807, 2.05) is 0 Å². The maximum atomic E-state index is 12.3. The minimum Gasteiger partial charge on any atom is -0.406 e. The molecule has 0 radical (unpaired) electrons. The molecular weight excluding hydrogens is 470 g/mol. The fourth-order valence-corrected chi connectivity index (χ4v) is 3.71. The standard InChI is InChI=1S/C23H14F6O3S/c24-22(25,26)31-18-6-1-15(2-7-18)5-10-20-11-12-21(33-20)17(14-30)13-16-3-8-19(9-4-16)32-23(27,28)29/h1-4,6-9,11-12,14,17H,13H2. The SMILES string of the molecule is O=CC(Cc1ccc(OC(F)(F)F)cc1)c1ccc(C#Cc2ccc(OC(F)(F)F)cc2)s1. The van der Waals surface area contributed by atoms with Crippen LogP contribution in [0, 0.1) is 11.8 Å². The van der Waals surface area contributed by atoms with E-state index in [4.69, 9.17) is 0 Å². The van der Waals surface area contributed by atoms with Crippen molar-refractivity contribution < 1.29 is 40.6 Å². The number of alkyl halides is 6. The van der Waals surface area contributed by atoms with Gasteiger partial charge in [0.1, 0.15) is 17.8 Å². The normalized spacial score (nSPS) is 12.4. The van der Waals surface area contributed by atoms with Crippen molar-refractivity contribution in [3.63, 3.8) is 0 Å². The van der Waals surface area contributed by atoms with E-state index in [1.165, 1.54) is 47.7 Å². The highest BCUT2D eigenvalue weighted by Gasteiger charge is 2.31. The van der Waals surface area contributed by atoms with E-state index in [-0.39, 0.29) is 17.9 Å². The van der Waals surface area contributed by atoms with Crippen LogP contribution in [-0.2, 0) is 11.2 Å². The molecule has 1 heterocycles. The maximum absolute atomic E-state index is 12.3. The van der Waals surface area contributed by atoms with Crippen molar-refractivity contribution in [1.82, 2.24) is 0 Å². The second-order valence-corrected chi connectivity index (χ2v) is 7.78. The molecule has 3 nitrogen and oxygen atoms in total. The molecule has 0 fully saturated rings. The van der Waals surface area contributed by atoms with Crippen LogP contribution in [0.4, 0.5) is 26.3 Å². The summed E-state index contributed by atoms with van der Waals surface area (Å²) in [5.41, 5.74) is 1.14. The zero-order valence-corrected chi connectivity index (χ0v) is 17.4. The number of hydrogen-bond acceptors (Lipinski definition) is 4. The number of rotatable bonds is 6. The summed E-state index contributed by atoms with van der Waals surface area (Å²) in [6, 6.07) is 13.8. The van der Waals surface area contributed by atoms with Crippen molar-refractivity contribution in [3.8, 4) is 23.3 Å². The summed E-state index contributed by atoms with van der Waals surface area (Å²) in [7, 11) is 0. The topological polar surface area (TPSA) is 35.5 Å². The Morgan fingerprint density at radius 2 is 1.33 bits per heavy atom. The highest BCUT2D eigenvalue weighted by molar-refractivity contribution is 7.12. The maximum Gasteiger partial charge on any atom is 0.573 e.